The normalized spacial score (nSPS) is 22.9. The van der Waals surface area contributed by atoms with Gasteiger partial charge in [0.1, 0.15) is 0 Å². The van der Waals surface area contributed by atoms with Crippen LogP contribution in [-0.2, 0) is 6.42 Å². The summed E-state index contributed by atoms with van der Waals surface area (Å²) in [6.45, 7) is 3.35. The van der Waals surface area contributed by atoms with Crippen LogP contribution in [0, 0.1) is 0 Å². The molecule has 1 saturated heterocycles. The summed E-state index contributed by atoms with van der Waals surface area (Å²) in [6, 6.07) is 4.13. The Morgan fingerprint density at radius 2 is 2.47 bits per heavy atom. The highest BCUT2D eigenvalue weighted by molar-refractivity contribution is 6.20. The summed E-state index contributed by atoms with van der Waals surface area (Å²) in [6.07, 6.45) is 7.25. The number of piperidine rings is 1. The van der Waals surface area contributed by atoms with Crippen LogP contribution >= 0.6 is 11.6 Å². The molecule has 0 amide bonds. The topological polar surface area (TPSA) is 16.1 Å². The van der Waals surface area contributed by atoms with E-state index in [0.29, 0.717) is 5.38 Å². The highest BCUT2D eigenvalue weighted by atomic mass is 35.5. The monoisotopic (exact) mass is 224 g/mol. The molecule has 0 saturated carbocycles. The maximum absolute atomic E-state index is 6.14. The lowest BCUT2D eigenvalue weighted by atomic mass is 10.1. The fourth-order valence-corrected chi connectivity index (χ4v) is 2.38. The van der Waals surface area contributed by atoms with E-state index in [9.17, 15) is 0 Å². The van der Waals surface area contributed by atoms with Gasteiger partial charge in [-0.05, 0) is 37.4 Å². The van der Waals surface area contributed by atoms with Crippen molar-refractivity contribution in [2.45, 2.75) is 24.6 Å². The van der Waals surface area contributed by atoms with Gasteiger partial charge in [-0.2, -0.15) is 0 Å². The first-order valence-electron chi connectivity index (χ1n) is 5.60. The maximum atomic E-state index is 6.14. The van der Waals surface area contributed by atoms with Crippen molar-refractivity contribution in [1.82, 2.24) is 9.88 Å². The first-order chi connectivity index (χ1) is 7.34. The lowest BCUT2D eigenvalue weighted by molar-refractivity contribution is 0.234. The number of pyridine rings is 1. The molecule has 1 aromatic heterocycles. The molecule has 15 heavy (non-hydrogen) atoms. The van der Waals surface area contributed by atoms with Gasteiger partial charge >= 0.3 is 0 Å². The number of hydrogen-bond donors (Lipinski definition) is 0. The number of nitrogens with zero attached hydrogens (tertiary/aromatic N) is 2. The summed E-state index contributed by atoms with van der Waals surface area (Å²) < 4.78 is 0. The summed E-state index contributed by atoms with van der Waals surface area (Å²) in [5.41, 5.74) is 1.31. The zero-order chi connectivity index (χ0) is 10.5. The zero-order valence-electron chi connectivity index (χ0n) is 8.90. The van der Waals surface area contributed by atoms with Crippen molar-refractivity contribution in [1.29, 1.82) is 0 Å². The van der Waals surface area contributed by atoms with E-state index in [1.807, 2.05) is 18.5 Å². The van der Waals surface area contributed by atoms with Crippen LogP contribution in [0.4, 0.5) is 0 Å². The van der Waals surface area contributed by atoms with Crippen LogP contribution in [0.15, 0.2) is 24.5 Å². The fourth-order valence-electron chi connectivity index (χ4n) is 2.04. The summed E-state index contributed by atoms with van der Waals surface area (Å²) in [5.74, 6) is 0. The molecule has 0 aliphatic carbocycles. The van der Waals surface area contributed by atoms with Crippen LogP contribution in [0.25, 0.3) is 0 Å². The Morgan fingerprint density at radius 1 is 1.53 bits per heavy atom. The number of likely N-dealkylation sites (tertiary alicyclic amines) is 1. The first kappa shape index (κ1) is 10.9. The van der Waals surface area contributed by atoms with Gasteiger partial charge in [-0.3, -0.25) is 4.98 Å². The quantitative estimate of drug-likeness (QED) is 0.733. The van der Waals surface area contributed by atoms with E-state index in [0.717, 1.165) is 19.5 Å². The molecule has 2 nitrogen and oxygen atoms in total. The van der Waals surface area contributed by atoms with E-state index in [-0.39, 0.29) is 0 Å². The lowest BCUT2D eigenvalue weighted by Gasteiger charge is -2.29. The molecule has 0 aromatic carbocycles. The SMILES string of the molecule is ClC1CCCN(CCc2cccnc2)C1. The molecule has 0 bridgehead atoms. The van der Waals surface area contributed by atoms with Gasteiger partial charge in [-0.1, -0.05) is 6.07 Å². The van der Waals surface area contributed by atoms with Gasteiger partial charge in [0.05, 0.1) is 0 Å². The molecule has 1 aliphatic heterocycles. The van der Waals surface area contributed by atoms with Crippen molar-refractivity contribution in [3.8, 4) is 0 Å². The smallest absolute Gasteiger partial charge is 0.0463 e. The van der Waals surface area contributed by atoms with E-state index in [1.165, 1.54) is 24.9 Å². The molecule has 1 unspecified atom stereocenters. The summed E-state index contributed by atoms with van der Waals surface area (Å²) in [7, 11) is 0. The van der Waals surface area contributed by atoms with Gasteiger partial charge in [0.15, 0.2) is 0 Å². The van der Waals surface area contributed by atoms with Crippen LogP contribution in [0.5, 0.6) is 0 Å². The number of hydrogen-bond acceptors (Lipinski definition) is 2. The Hall–Kier alpha value is -0.600. The van der Waals surface area contributed by atoms with Crippen molar-refractivity contribution >= 4 is 11.6 Å². The predicted molar refractivity (Wildman–Crippen MR) is 63.3 cm³/mol. The third-order valence-electron chi connectivity index (χ3n) is 2.89. The van der Waals surface area contributed by atoms with Gasteiger partial charge in [0.2, 0.25) is 0 Å². The fraction of sp³-hybridized carbons (Fsp3) is 0.583. The lowest BCUT2D eigenvalue weighted by Crippen LogP contribution is -2.37. The van der Waals surface area contributed by atoms with Crippen molar-refractivity contribution < 1.29 is 0 Å². The second-order valence-corrected chi connectivity index (χ2v) is 4.77. The molecule has 2 rings (SSSR count). The van der Waals surface area contributed by atoms with Crippen LogP contribution in [0.2, 0.25) is 0 Å². The Labute approximate surface area is 96.3 Å². The van der Waals surface area contributed by atoms with Gasteiger partial charge in [0.25, 0.3) is 0 Å². The van der Waals surface area contributed by atoms with Crippen LogP contribution < -0.4 is 0 Å². The molecule has 0 N–H and O–H groups in total. The van der Waals surface area contributed by atoms with Gasteiger partial charge in [0, 0.05) is 30.9 Å². The van der Waals surface area contributed by atoms with Crippen LogP contribution in [0.3, 0.4) is 0 Å². The number of aromatic nitrogens is 1. The average Bonchev–Trinajstić information content (AvgIpc) is 2.28. The molecule has 3 heteroatoms. The largest absolute Gasteiger partial charge is 0.302 e. The highest BCUT2D eigenvalue weighted by Gasteiger charge is 2.16. The molecule has 1 atom stereocenters. The van der Waals surface area contributed by atoms with Crippen LogP contribution in [0.1, 0.15) is 18.4 Å². The van der Waals surface area contributed by atoms with E-state index in [4.69, 9.17) is 11.6 Å². The van der Waals surface area contributed by atoms with Crippen LogP contribution in [-0.4, -0.2) is 34.9 Å². The summed E-state index contributed by atoms with van der Waals surface area (Å²) in [4.78, 5) is 6.57. The number of rotatable bonds is 3. The predicted octanol–water partition coefficient (Wildman–Crippen LogP) is 2.33. The molecule has 1 aliphatic rings. The Bertz CT molecular complexity index is 289. The molecule has 0 spiro atoms. The van der Waals surface area contributed by atoms with Gasteiger partial charge < -0.3 is 4.90 Å². The Morgan fingerprint density at radius 3 is 3.20 bits per heavy atom. The second-order valence-electron chi connectivity index (χ2n) is 4.15. The third kappa shape index (κ3) is 3.47. The molecule has 0 radical (unpaired) electrons. The zero-order valence-corrected chi connectivity index (χ0v) is 9.66. The molecular formula is C12H17ClN2. The summed E-state index contributed by atoms with van der Waals surface area (Å²) in [5, 5.41) is 0.354. The van der Waals surface area contributed by atoms with E-state index < -0.39 is 0 Å². The van der Waals surface area contributed by atoms with Gasteiger partial charge in [-0.25, -0.2) is 0 Å². The van der Waals surface area contributed by atoms with Crippen molar-refractivity contribution in [3.63, 3.8) is 0 Å². The Kier molecular flexibility index (Phi) is 3.98. The molecule has 2 heterocycles. The first-order valence-corrected chi connectivity index (χ1v) is 6.03. The third-order valence-corrected chi connectivity index (χ3v) is 3.24. The minimum absolute atomic E-state index is 0.354. The van der Waals surface area contributed by atoms with E-state index >= 15 is 0 Å². The van der Waals surface area contributed by atoms with Gasteiger partial charge in [-0.15, -0.1) is 11.6 Å². The number of halogens is 1. The minimum Gasteiger partial charge on any atom is -0.302 e. The van der Waals surface area contributed by atoms with E-state index in [2.05, 4.69) is 16.0 Å². The Balaban J connectivity index is 1.78. The average molecular weight is 225 g/mol. The standard InChI is InChI=1S/C12H17ClN2/c13-12-4-2-7-15(10-12)8-5-11-3-1-6-14-9-11/h1,3,6,9,12H,2,4-5,7-8,10H2. The van der Waals surface area contributed by atoms with Crippen molar-refractivity contribution in [2.24, 2.45) is 0 Å². The minimum atomic E-state index is 0.354. The molecular weight excluding hydrogens is 208 g/mol. The molecule has 1 aromatic rings. The summed E-state index contributed by atoms with van der Waals surface area (Å²) >= 11 is 6.14. The maximum Gasteiger partial charge on any atom is 0.0463 e. The number of alkyl halides is 1. The van der Waals surface area contributed by atoms with Crippen molar-refractivity contribution in [3.05, 3.63) is 30.1 Å². The van der Waals surface area contributed by atoms with Crippen molar-refractivity contribution in [2.75, 3.05) is 19.6 Å². The highest BCUT2D eigenvalue weighted by Crippen LogP contribution is 2.15. The second kappa shape index (κ2) is 5.47. The van der Waals surface area contributed by atoms with E-state index in [1.54, 1.807) is 0 Å². The molecule has 82 valence electrons. The molecule has 1 fully saturated rings.